The molecule has 0 bridgehead atoms. The number of fused-ring (bicyclic) bond motifs is 1. The van der Waals surface area contributed by atoms with E-state index in [0.717, 1.165) is 21.6 Å². The summed E-state index contributed by atoms with van der Waals surface area (Å²) in [7, 11) is 0. The van der Waals surface area contributed by atoms with Gasteiger partial charge >= 0.3 is 0 Å². The van der Waals surface area contributed by atoms with E-state index < -0.39 is 0 Å². The van der Waals surface area contributed by atoms with Gasteiger partial charge < -0.3 is 5.73 Å². The van der Waals surface area contributed by atoms with E-state index in [1.807, 2.05) is 24.3 Å². The first-order valence-electron chi connectivity index (χ1n) is 5.87. The summed E-state index contributed by atoms with van der Waals surface area (Å²) in [5.74, 6) is 1.29. The van der Waals surface area contributed by atoms with Crippen LogP contribution in [0.15, 0.2) is 53.9 Å². The van der Waals surface area contributed by atoms with Gasteiger partial charge in [-0.2, -0.15) is 0 Å². The quantitative estimate of drug-likeness (QED) is 0.584. The first-order chi connectivity index (χ1) is 9.33. The molecule has 0 saturated carbocycles. The Bertz CT molecular complexity index is 700. The Kier molecular flexibility index (Phi) is 3.29. The van der Waals surface area contributed by atoms with Gasteiger partial charge in [-0.25, -0.2) is 15.0 Å². The highest BCUT2D eigenvalue weighted by atomic mass is 32.2. The fourth-order valence-electron chi connectivity index (χ4n) is 1.79. The molecule has 3 rings (SSSR count). The topological polar surface area (TPSA) is 64.7 Å². The first kappa shape index (κ1) is 11.9. The van der Waals surface area contributed by atoms with Crippen molar-refractivity contribution in [2.75, 3.05) is 5.73 Å². The molecule has 4 nitrogen and oxygen atoms in total. The molecule has 1 aromatic carbocycles. The minimum absolute atomic E-state index is 0.571. The standard InChI is InChI=1S/C14H12N4S/c15-13-11(9-19-14-16-6-3-7-17-14)8-10-4-1-2-5-12(10)18-13/h1-8H,9H2,(H2,15,18). The first-order valence-corrected chi connectivity index (χ1v) is 6.85. The van der Waals surface area contributed by atoms with Crippen LogP contribution in [0.5, 0.6) is 0 Å². The zero-order valence-corrected chi connectivity index (χ0v) is 11.0. The van der Waals surface area contributed by atoms with Crippen LogP contribution in [0.4, 0.5) is 5.82 Å². The van der Waals surface area contributed by atoms with Crippen molar-refractivity contribution in [1.82, 2.24) is 15.0 Å². The number of nitrogens with two attached hydrogens (primary N) is 1. The number of rotatable bonds is 3. The fourth-order valence-corrected chi connectivity index (χ4v) is 2.58. The third kappa shape index (κ3) is 2.66. The lowest BCUT2D eigenvalue weighted by molar-refractivity contribution is 0.966. The predicted octanol–water partition coefficient (Wildman–Crippen LogP) is 2.90. The summed E-state index contributed by atoms with van der Waals surface area (Å²) >= 11 is 1.55. The number of hydrogen-bond donors (Lipinski definition) is 1. The van der Waals surface area contributed by atoms with Gasteiger partial charge in [-0.15, -0.1) is 0 Å². The van der Waals surface area contributed by atoms with Gasteiger partial charge in [-0.3, -0.25) is 0 Å². The SMILES string of the molecule is Nc1nc2ccccc2cc1CSc1ncccn1. The van der Waals surface area contributed by atoms with Crippen molar-refractivity contribution in [3.63, 3.8) is 0 Å². The van der Waals surface area contributed by atoms with E-state index in [-0.39, 0.29) is 0 Å². The van der Waals surface area contributed by atoms with Crippen molar-refractivity contribution in [3.8, 4) is 0 Å². The maximum Gasteiger partial charge on any atom is 0.187 e. The minimum Gasteiger partial charge on any atom is -0.383 e. The molecule has 19 heavy (non-hydrogen) atoms. The molecular formula is C14H12N4S. The molecule has 0 atom stereocenters. The van der Waals surface area contributed by atoms with Gasteiger partial charge in [-0.1, -0.05) is 30.0 Å². The molecule has 0 radical (unpaired) electrons. The van der Waals surface area contributed by atoms with Crippen LogP contribution < -0.4 is 5.73 Å². The van der Waals surface area contributed by atoms with Crippen LogP contribution in [0.2, 0.25) is 0 Å². The van der Waals surface area contributed by atoms with Gasteiger partial charge in [0, 0.05) is 29.1 Å². The zero-order valence-electron chi connectivity index (χ0n) is 10.2. The highest BCUT2D eigenvalue weighted by Gasteiger charge is 2.05. The van der Waals surface area contributed by atoms with Crippen LogP contribution in [-0.2, 0) is 5.75 Å². The van der Waals surface area contributed by atoms with E-state index in [1.54, 1.807) is 30.2 Å². The Balaban J connectivity index is 1.86. The molecule has 2 heterocycles. The van der Waals surface area contributed by atoms with E-state index >= 15 is 0 Å². The number of pyridine rings is 1. The summed E-state index contributed by atoms with van der Waals surface area (Å²) in [6, 6.07) is 11.8. The Labute approximate surface area is 115 Å². The summed E-state index contributed by atoms with van der Waals surface area (Å²) in [4.78, 5) is 12.8. The summed E-state index contributed by atoms with van der Waals surface area (Å²) in [6.45, 7) is 0. The van der Waals surface area contributed by atoms with Crippen molar-refractivity contribution in [2.24, 2.45) is 0 Å². The number of hydrogen-bond acceptors (Lipinski definition) is 5. The monoisotopic (exact) mass is 268 g/mol. The Morgan fingerprint density at radius 1 is 1.05 bits per heavy atom. The second-order valence-electron chi connectivity index (χ2n) is 4.05. The number of benzene rings is 1. The molecule has 0 saturated heterocycles. The molecule has 0 aliphatic carbocycles. The van der Waals surface area contributed by atoms with Crippen LogP contribution in [0.1, 0.15) is 5.56 Å². The summed E-state index contributed by atoms with van der Waals surface area (Å²) < 4.78 is 0. The lowest BCUT2D eigenvalue weighted by Gasteiger charge is -2.06. The predicted molar refractivity (Wildman–Crippen MR) is 77.7 cm³/mol. The van der Waals surface area contributed by atoms with Crippen molar-refractivity contribution < 1.29 is 0 Å². The van der Waals surface area contributed by atoms with E-state index in [0.29, 0.717) is 11.6 Å². The second kappa shape index (κ2) is 5.24. The molecule has 2 aromatic heterocycles. The number of anilines is 1. The number of thioether (sulfide) groups is 1. The molecule has 0 fully saturated rings. The third-order valence-electron chi connectivity index (χ3n) is 2.74. The van der Waals surface area contributed by atoms with E-state index in [9.17, 15) is 0 Å². The van der Waals surface area contributed by atoms with Crippen LogP contribution in [0.25, 0.3) is 10.9 Å². The average Bonchev–Trinajstić information content (AvgIpc) is 2.46. The minimum atomic E-state index is 0.571. The second-order valence-corrected chi connectivity index (χ2v) is 4.99. The molecular weight excluding hydrogens is 256 g/mol. The largest absolute Gasteiger partial charge is 0.383 e. The lowest BCUT2D eigenvalue weighted by Crippen LogP contribution is -1.97. The van der Waals surface area contributed by atoms with Gasteiger partial charge in [0.2, 0.25) is 0 Å². The van der Waals surface area contributed by atoms with Gasteiger partial charge in [0.05, 0.1) is 5.52 Å². The number of para-hydroxylation sites is 1. The van der Waals surface area contributed by atoms with Crippen LogP contribution in [0.3, 0.4) is 0 Å². The normalized spacial score (nSPS) is 10.7. The highest BCUT2D eigenvalue weighted by Crippen LogP contribution is 2.24. The number of aromatic nitrogens is 3. The average molecular weight is 268 g/mol. The lowest BCUT2D eigenvalue weighted by atomic mass is 10.1. The van der Waals surface area contributed by atoms with Gasteiger partial charge in [0.1, 0.15) is 5.82 Å². The van der Waals surface area contributed by atoms with Crippen LogP contribution in [0, 0.1) is 0 Å². The van der Waals surface area contributed by atoms with Crippen LogP contribution >= 0.6 is 11.8 Å². The summed E-state index contributed by atoms with van der Waals surface area (Å²) in [5, 5.41) is 1.84. The molecule has 5 heteroatoms. The van der Waals surface area contributed by atoms with Crippen molar-refractivity contribution in [2.45, 2.75) is 10.9 Å². The fraction of sp³-hybridized carbons (Fsp3) is 0.0714. The molecule has 0 aliphatic rings. The Morgan fingerprint density at radius 3 is 2.68 bits per heavy atom. The maximum atomic E-state index is 5.99. The van der Waals surface area contributed by atoms with Crippen molar-refractivity contribution in [1.29, 1.82) is 0 Å². The van der Waals surface area contributed by atoms with E-state index in [2.05, 4.69) is 21.0 Å². The summed E-state index contributed by atoms with van der Waals surface area (Å²) in [6.07, 6.45) is 3.47. The van der Waals surface area contributed by atoms with Gasteiger partial charge in [0.25, 0.3) is 0 Å². The Morgan fingerprint density at radius 2 is 1.84 bits per heavy atom. The molecule has 0 unspecified atom stereocenters. The molecule has 0 spiro atoms. The van der Waals surface area contributed by atoms with Crippen molar-refractivity contribution in [3.05, 3.63) is 54.4 Å². The smallest absolute Gasteiger partial charge is 0.187 e. The van der Waals surface area contributed by atoms with Gasteiger partial charge in [0.15, 0.2) is 5.16 Å². The zero-order chi connectivity index (χ0) is 13.1. The van der Waals surface area contributed by atoms with Gasteiger partial charge in [-0.05, 0) is 18.2 Å². The number of nitrogens with zero attached hydrogens (tertiary/aromatic N) is 3. The molecule has 94 valence electrons. The molecule has 2 N–H and O–H groups in total. The number of nitrogen functional groups attached to an aromatic ring is 1. The maximum absolute atomic E-state index is 5.99. The highest BCUT2D eigenvalue weighted by molar-refractivity contribution is 7.98. The third-order valence-corrected chi connectivity index (χ3v) is 3.66. The van der Waals surface area contributed by atoms with Crippen molar-refractivity contribution >= 4 is 28.5 Å². The molecule has 3 aromatic rings. The Hall–Kier alpha value is -2.14. The molecule has 0 aliphatic heterocycles. The van der Waals surface area contributed by atoms with E-state index in [1.165, 1.54) is 0 Å². The molecule has 0 amide bonds. The van der Waals surface area contributed by atoms with Crippen LogP contribution in [-0.4, -0.2) is 15.0 Å². The summed E-state index contributed by atoms with van der Waals surface area (Å²) in [5.41, 5.74) is 7.92. The van der Waals surface area contributed by atoms with E-state index in [4.69, 9.17) is 5.73 Å².